The number of nitrogens with zero attached hydrogens (tertiary/aromatic N) is 2. The SMILES string of the molecule is Cc1cnc(CNC(=O)N2CCCC(C)C2C(=O)O)o1. The quantitative estimate of drug-likeness (QED) is 0.872. The van der Waals surface area contributed by atoms with Crippen LogP contribution in [0.4, 0.5) is 4.79 Å². The summed E-state index contributed by atoms with van der Waals surface area (Å²) in [6, 6.07) is -1.16. The van der Waals surface area contributed by atoms with Gasteiger partial charge in [-0.15, -0.1) is 0 Å². The molecule has 0 aliphatic carbocycles. The molecule has 110 valence electrons. The Labute approximate surface area is 117 Å². The van der Waals surface area contributed by atoms with Crippen LogP contribution in [0.2, 0.25) is 0 Å². The lowest BCUT2D eigenvalue weighted by molar-refractivity contribution is -0.145. The van der Waals surface area contributed by atoms with E-state index < -0.39 is 12.0 Å². The molecular weight excluding hydrogens is 262 g/mol. The highest BCUT2D eigenvalue weighted by Crippen LogP contribution is 2.23. The average Bonchev–Trinajstić information content (AvgIpc) is 2.81. The van der Waals surface area contributed by atoms with Gasteiger partial charge in [0.15, 0.2) is 0 Å². The maximum absolute atomic E-state index is 12.1. The van der Waals surface area contributed by atoms with Crippen molar-refractivity contribution in [2.75, 3.05) is 6.54 Å². The second kappa shape index (κ2) is 5.94. The van der Waals surface area contributed by atoms with Crippen molar-refractivity contribution < 1.29 is 19.1 Å². The summed E-state index contributed by atoms with van der Waals surface area (Å²) >= 11 is 0. The van der Waals surface area contributed by atoms with Crippen LogP contribution < -0.4 is 5.32 Å². The van der Waals surface area contributed by atoms with Crippen molar-refractivity contribution in [3.8, 4) is 0 Å². The number of aromatic nitrogens is 1. The number of oxazole rings is 1. The molecule has 0 bridgehead atoms. The zero-order valence-corrected chi connectivity index (χ0v) is 11.6. The molecular formula is C13H19N3O4. The predicted octanol–water partition coefficient (Wildman–Crippen LogP) is 1.38. The third-order valence-electron chi connectivity index (χ3n) is 3.51. The number of aliphatic carboxylic acids is 1. The van der Waals surface area contributed by atoms with Gasteiger partial charge in [-0.05, 0) is 25.7 Å². The molecule has 0 spiro atoms. The predicted molar refractivity (Wildman–Crippen MR) is 70.0 cm³/mol. The van der Waals surface area contributed by atoms with Crippen molar-refractivity contribution in [3.05, 3.63) is 17.8 Å². The second-order valence-corrected chi connectivity index (χ2v) is 5.12. The summed E-state index contributed by atoms with van der Waals surface area (Å²) in [4.78, 5) is 28.8. The van der Waals surface area contributed by atoms with Crippen molar-refractivity contribution >= 4 is 12.0 Å². The molecule has 20 heavy (non-hydrogen) atoms. The number of hydrogen-bond acceptors (Lipinski definition) is 4. The van der Waals surface area contributed by atoms with Gasteiger partial charge in [0.25, 0.3) is 0 Å². The molecule has 2 N–H and O–H groups in total. The highest BCUT2D eigenvalue weighted by atomic mass is 16.4. The summed E-state index contributed by atoms with van der Waals surface area (Å²) in [5.41, 5.74) is 0. The van der Waals surface area contributed by atoms with Crippen LogP contribution in [-0.2, 0) is 11.3 Å². The largest absolute Gasteiger partial charge is 0.480 e. The molecule has 2 rings (SSSR count). The van der Waals surface area contributed by atoms with E-state index in [1.165, 1.54) is 4.90 Å². The Bertz CT molecular complexity index is 500. The van der Waals surface area contributed by atoms with E-state index in [-0.39, 0.29) is 18.5 Å². The first-order valence-corrected chi connectivity index (χ1v) is 6.67. The van der Waals surface area contributed by atoms with Gasteiger partial charge in [0.2, 0.25) is 5.89 Å². The monoisotopic (exact) mass is 281 g/mol. The smallest absolute Gasteiger partial charge is 0.326 e. The van der Waals surface area contributed by atoms with E-state index in [0.29, 0.717) is 18.2 Å². The molecule has 0 aromatic carbocycles. The highest BCUT2D eigenvalue weighted by molar-refractivity contribution is 5.83. The number of hydrogen-bond donors (Lipinski definition) is 2. The van der Waals surface area contributed by atoms with Gasteiger partial charge in [0, 0.05) is 6.54 Å². The number of urea groups is 1. The van der Waals surface area contributed by atoms with Crippen LogP contribution in [0.5, 0.6) is 0 Å². The van der Waals surface area contributed by atoms with Crippen LogP contribution in [0, 0.1) is 12.8 Å². The topological polar surface area (TPSA) is 95.7 Å². The molecule has 0 radical (unpaired) electrons. The molecule has 0 saturated carbocycles. The highest BCUT2D eigenvalue weighted by Gasteiger charge is 2.36. The minimum absolute atomic E-state index is 0.0454. The van der Waals surface area contributed by atoms with Crippen LogP contribution in [0.25, 0.3) is 0 Å². The third-order valence-corrected chi connectivity index (χ3v) is 3.51. The molecule has 1 aromatic heterocycles. The van der Waals surface area contributed by atoms with Crippen LogP contribution in [0.1, 0.15) is 31.4 Å². The van der Waals surface area contributed by atoms with E-state index in [1.807, 2.05) is 6.92 Å². The number of carboxylic acid groups (broad SMARTS) is 1. The molecule has 2 unspecified atom stereocenters. The molecule has 2 atom stereocenters. The van der Waals surface area contributed by atoms with E-state index >= 15 is 0 Å². The van der Waals surface area contributed by atoms with Crippen molar-refractivity contribution in [1.82, 2.24) is 15.2 Å². The first kappa shape index (κ1) is 14.4. The van der Waals surface area contributed by atoms with Crippen LogP contribution in [-0.4, -0.2) is 39.6 Å². The number of aryl methyl sites for hydroxylation is 1. The molecule has 1 aromatic rings. The Kier molecular flexibility index (Phi) is 4.26. The molecule has 2 amide bonds. The van der Waals surface area contributed by atoms with E-state index in [1.54, 1.807) is 13.1 Å². The van der Waals surface area contributed by atoms with Gasteiger partial charge in [0.1, 0.15) is 11.8 Å². The van der Waals surface area contributed by atoms with Crippen LogP contribution >= 0.6 is 0 Å². The van der Waals surface area contributed by atoms with Crippen molar-refractivity contribution in [2.45, 2.75) is 39.3 Å². The lowest BCUT2D eigenvalue weighted by atomic mass is 9.91. The number of carbonyl (C=O) groups is 2. The van der Waals surface area contributed by atoms with Gasteiger partial charge in [-0.25, -0.2) is 14.6 Å². The van der Waals surface area contributed by atoms with Gasteiger partial charge < -0.3 is 19.7 Å². The third kappa shape index (κ3) is 3.09. The lowest BCUT2D eigenvalue weighted by Crippen LogP contribution is -2.54. The van der Waals surface area contributed by atoms with E-state index in [0.717, 1.165) is 12.8 Å². The summed E-state index contributed by atoms with van der Waals surface area (Å²) in [5.74, 6) is 0.0762. The molecule has 2 heterocycles. The normalized spacial score (nSPS) is 22.6. The Morgan fingerprint density at radius 2 is 2.35 bits per heavy atom. The van der Waals surface area contributed by atoms with Gasteiger partial charge in [0.05, 0.1) is 12.7 Å². The van der Waals surface area contributed by atoms with E-state index in [2.05, 4.69) is 10.3 Å². The molecule has 1 saturated heterocycles. The first-order valence-electron chi connectivity index (χ1n) is 6.67. The fraction of sp³-hybridized carbons (Fsp3) is 0.615. The molecule has 7 nitrogen and oxygen atoms in total. The number of piperidine rings is 1. The maximum Gasteiger partial charge on any atom is 0.326 e. The zero-order chi connectivity index (χ0) is 14.7. The van der Waals surface area contributed by atoms with Gasteiger partial charge >= 0.3 is 12.0 Å². The van der Waals surface area contributed by atoms with E-state index in [9.17, 15) is 14.7 Å². The molecule has 1 fully saturated rings. The van der Waals surface area contributed by atoms with Crippen molar-refractivity contribution in [1.29, 1.82) is 0 Å². The van der Waals surface area contributed by atoms with Crippen LogP contribution in [0.3, 0.4) is 0 Å². The minimum Gasteiger partial charge on any atom is -0.480 e. The number of likely N-dealkylation sites (tertiary alicyclic amines) is 1. The summed E-state index contributed by atoms with van der Waals surface area (Å²) in [7, 11) is 0. The number of carbonyl (C=O) groups excluding carboxylic acids is 1. The van der Waals surface area contributed by atoms with Crippen molar-refractivity contribution in [3.63, 3.8) is 0 Å². The van der Waals surface area contributed by atoms with Gasteiger partial charge in [-0.1, -0.05) is 6.92 Å². The Balaban J connectivity index is 1.97. The number of rotatable bonds is 3. The number of carboxylic acids is 1. The maximum atomic E-state index is 12.1. The summed E-state index contributed by atoms with van der Waals surface area (Å²) in [6.45, 7) is 4.24. The number of amides is 2. The molecule has 7 heteroatoms. The van der Waals surface area contributed by atoms with Crippen LogP contribution in [0.15, 0.2) is 10.6 Å². The summed E-state index contributed by atoms with van der Waals surface area (Å²) in [6.07, 6.45) is 3.21. The number of nitrogens with one attached hydrogen (secondary N) is 1. The Morgan fingerprint density at radius 1 is 1.60 bits per heavy atom. The first-order chi connectivity index (χ1) is 9.49. The minimum atomic E-state index is -0.959. The Morgan fingerprint density at radius 3 is 2.95 bits per heavy atom. The summed E-state index contributed by atoms with van der Waals surface area (Å²) < 4.78 is 5.26. The van der Waals surface area contributed by atoms with Gasteiger partial charge in [-0.2, -0.15) is 0 Å². The summed E-state index contributed by atoms with van der Waals surface area (Å²) in [5, 5.41) is 11.9. The standard InChI is InChI=1S/C13H19N3O4/c1-8-4-3-5-16(11(8)12(17)18)13(19)15-7-10-14-6-9(2)20-10/h6,8,11H,3-5,7H2,1-2H3,(H,15,19)(H,17,18). The Hall–Kier alpha value is -2.05. The lowest BCUT2D eigenvalue weighted by Gasteiger charge is -2.37. The van der Waals surface area contributed by atoms with E-state index in [4.69, 9.17) is 4.42 Å². The fourth-order valence-corrected chi connectivity index (χ4v) is 2.53. The molecule has 1 aliphatic rings. The second-order valence-electron chi connectivity index (χ2n) is 5.12. The van der Waals surface area contributed by atoms with Gasteiger partial charge in [-0.3, -0.25) is 0 Å². The average molecular weight is 281 g/mol. The zero-order valence-electron chi connectivity index (χ0n) is 11.6. The van der Waals surface area contributed by atoms with Crippen molar-refractivity contribution in [2.24, 2.45) is 5.92 Å². The molecule has 1 aliphatic heterocycles. The fourth-order valence-electron chi connectivity index (χ4n) is 2.53.